The monoisotopic (exact) mass is 619 g/mol. The highest BCUT2D eigenvalue weighted by Crippen LogP contribution is 2.65. The van der Waals surface area contributed by atoms with Gasteiger partial charge in [0.2, 0.25) is 11.8 Å². The van der Waals surface area contributed by atoms with Crippen molar-refractivity contribution in [3.63, 3.8) is 0 Å². The van der Waals surface area contributed by atoms with Crippen LogP contribution < -0.4 is 9.80 Å². The SMILES string of the molecule is C=CCN(C(=O)[C@H]1[C@H]2C(=O)N(CCCCCO)C(C(=O)N(CC=C)c3ccccc3Cl)C23CC[C@]1(CC)O3)c1ccccc1. The number of carbonyl (C=O) groups is 3. The van der Waals surface area contributed by atoms with Crippen LogP contribution in [0.1, 0.15) is 45.4 Å². The number of benzene rings is 2. The molecule has 2 bridgehead atoms. The Morgan fingerprint density at radius 2 is 1.68 bits per heavy atom. The van der Waals surface area contributed by atoms with Crippen LogP contribution >= 0.6 is 11.6 Å². The number of amides is 3. The number of aliphatic hydroxyl groups is 1. The highest BCUT2D eigenvalue weighted by atomic mass is 35.5. The van der Waals surface area contributed by atoms with Crippen molar-refractivity contribution in [3.05, 3.63) is 84.9 Å². The van der Waals surface area contributed by atoms with Gasteiger partial charge in [-0.2, -0.15) is 0 Å². The van der Waals surface area contributed by atoms with Crippen molar-refractivity contribution in [2.45, 2.75) is 62.7 Å². The second kappa shape index (κ2) is 13.3. The fourth-order valence-electron chi connectivity index (χ4n) is 7.67. The van der Waals surface area contributed by atoms with Gasteiger partial charge in [0.1, 0.15) is 11.6 Å². The van der Waals surface area contributed by atoms with Crippen molar-refractivity contribution >= 4 is 40.7 Å². The molecule has 3 saturated heterocycles. The number of likely N-dealkylation sites (tertiary alicyclic amines) is 1. The minimum atomic E-state index is -1.17. The van der Waals surface area contributed by atoms with Crippen molar-refractivity contribution < 1.29 is 24.2 Å². The van der Waals surface area contributed by atoms with Crippen LogP contribution in [0.4, 0.5) is 11.4 Å². The smallest absolute Gasteiger partial charge is 0.253 e. The number of anilines is 2. The lowest BCUT2D eigenvalue weighted by atomic mass is 9.64. The fourth-order valence-corrected chi connectivity index (χ4v) is 7.90. The van der Waals surface area contributed by atoms with Gasteiger partial charge in [0, 0.05) is 31.9 Å². The van der Waals surface area contributed by atoms with Crippen LogP contribution in [0, 0.1) is 11.8 Å². The summed E-state index contributed by atoms with van der Waals surface area (Å²) in [6.45, 7) is 10.6. The maximum Gasteiger partial charge on any atom is 0.253 e. The number of fused-ring (bicyclic) bond motifs is 1. The van der Waals surface area contributed by atoms with Gasteiger partial charge in [0.05, 0.1) is 28.1 Å². The van der Waals surface area contributed by atoms with Crippen molar-refractivity contribution in [3.8, 4) is 0 Å². The Kier molecular flexibility index (Phi) is 9.63. The molecule has 3 aliphatic heterocycles. The molecule has 0 aliphatic carbocycles. The predicted molar refractivity (Wildman–Crippen MR) is 172 cm³/mol. The van der Waals surface area contributed by atoms with E-state index in [0.717, 1.165) is 5.69 Å². The summed E-state index contributed by atoms with van der Waals surface area (Å²) < 4.78 is 6.99. The Morgan fingerprint density at radius 3 is 2.34 bits per heavy atom. The zero-order valence-electron chi connectivity index (χ0n) is 25.4. The van der Waals surface area contributed by atoms with E-state index in [9.17, 15) is 19.5 Å². The molecule has 234 valence electrons. The summed E-state index contributed by atoms with van der Waals surface area (Å²) in [7, 11) is 0. The molecule has 5 rings (SSSR count). The molecule has 44 heavy (non-hydrogen) atoms. The van der Waals surface area contributed by atoms with Gasteiger partial charge in [0.25, 0.3) is 5.91 Å². The van der Waals surface area contributed by atoms with Crippen LogP contribution in [0.25, 0.3) is 0 Å². The molecular weight excluding hydrogens is 578 g/mol. The number of ether oxygens (including phenoxy) is 1. The zero-order chi connectivity index (χ0) is 31.5. The molecule has 3 amide bonds. The maximum atomic E-state index is 14.8. The van der Waals surface area contributed by atoms with E-state index < -0.39 is 29.1 Å². The predicted octanol–water partition coefficient (Wildman–Crippen LogP) is 5.40. The second-order valence-corrected chi connectivity index (χ2v) is 12.3. The first kappa shape index (κ1) is 31.9. The summed E-state index contributed by atoms with van der Waals surface area (Å²) in [6.07, 6.45) is 6.81. The molecule has 3 heterocycles. The van der Waals surface area contributed by atoms with E-state index in [0.29, 0.717) is 55.8 Å². The van der Waals surface area contributed by atoms with E-state index in [-0.39, 0.29) is 37.4 Å². The number of carbonyl (C=O) groups excluding carboxylic acids is 3. The number of para-hydroxylation sites is 2. The summed E-state index contributed by atoms with van der Waals surface area (Å²) in [6, 6.07) is 15.6. The zero-order valence-corrected chi connectivity index (χ0v) is 26.1. The highest BCUT2D eigenvalue weighted by molar-refractivity contribution is 6.34. The van der Waals surface area contributed by atoms with Gasteiger partial charge in [-0.25, -0.2) is 0 Å². The number of hydrogen-bond acceptors (Lipinski definition) is 5. The van der Waals surface area contributed by atoms with Crippen molar-refractivity contribution in [2.75, 3.05) is 36.0 Å². The Labute approximate surface area is 264 Å². The summed E-state index contributed by atoms with van der Waals surface area (Å²) in [5.74, 6) is -2.31. The van der Waals surface area contributed by atoms with Gasteiger partial charge in [-0.1, -0.05) is 61.0 Å². The standard InChI is InChI=1S/C35H42ClN3O5/c1-4-21-37(25-15-9-7-10-16-25)31(41)28-29-32(42)39(23-13-8-14-24-40)30(35(29)20-19-34(28,6-3)44-35)33(43)38(22-5-2)27-18-12-11-17-26(27)36/h4-5,7,9-12,15-18,28-30,40H,1-2,6,8,13-14,19-24H2,3H3/t28-,29+,30?,34+,35?/m1/s1. The van der Waals surface area contributed by atoms with E-state index >= 15 is 0 Å². The Hall–Kier alpha value is -3.46. The first-order chi connectivity index (χ1) is 21.3. The lowest BCUT2D eigenvalue weighted by molar-refractivity contribution is -0.146. The third-order valence-electron chi connectivity index (χ3n) is 9.60. The van der Waals surface area contributed by atoms with Crippen LogP contribution in [0.3, 0.4) is 0 Å². The second-order valence-electron chi connectivity index (χ2n) is 11.9. The van der Waals surface area contributed by atoms with Crippen molar-refractivity contribution in [1.82, 2.24) is 4.90 Å². The average Bonchev–Trinajstić information content (AvgIpc) is 3.64. The highest BCUT2D eigenvalue weighted by Gasteiger charge is 2.79. The van der Waals surface area contributed by atoms with Crippen molar-refractivity contribution in [2.24, 2.45) is 11.8 Å². The number of nitrogens with zero attached hydrogens (tertiary/aromatic N) is 3. The third-order valence-corrected chi connectivity index (χ3v) is 9.92. The summed E-state index contributed by atoms with van der Waals surface area (Å²) >= 11 is 6.59. The molecular formula is C35H42ClN3O5. The fraction of sp³-hybridized carbons (Fsp3) is 0.457. The van der Waals surface area contributed by atoms with E-state index in [1.165, 1.54) is 0 Å². The molecule has 0 saturated carbocycles. The Morgan fingerprint density at radius 1 is 1.00 bits per heavy atom. The normalized spacial score (nSPS) is 26.8. The number of halogens is 1. The summed E-state index contributed by atoms with van der Waals surface area (Å²) in [5, 5.41) is 9.77. The molecule has 5 atom stereocenters. The molecule has 8 nitrogen and oxygen atoms in total. The van der Waals surface area contributed by atoms with Crippen LogP contribution in [0.15, 0.2) is 79.9 Å². The Balaban J connectivity index is 1.60. The number of rotatable bonds is 14. The summed E-state index contributed by atoms with van der Waals surface area (Å²) in [5.41, 5.74) is -0.798. The molecule has 2 aromatic carbocycles. The Bertz CT molecular complexity index is 1400. The van der Waals surface area contributed by atoms with E-state index in [1.54, 1.807) is 45.1 Å². The minimum absolute atomic E-state index is 0.0554. The maximum absolute atomic E-state index is 14.8. The quantitative estimate of drug-likeness (QED) is 0.226. The largest absolute Gasteiger partial charge is 0.396 e. The minimum Gasteiger partial charge on any atom is -0.396 e. The molecule has 3 aliphatic rings. The van der Waals surface area contributed by atoms with Gasteiger partial charge in [-0.3, -0.25) is 14.4 Å². The van der Waals surface area contributed by atoms with Gasteiger partial charge in [-0.15, -0.1) is 13.2 Å². The molecule has 2 unspecified atom stereocenters. The molecule has 1 spiro atoms. The number of aliphatic hydroxyl groups excluding tert-OH is 1. The van der Waals surface area contributed by atoms with Gasteiger partial charge in [-0.05, 0) is 62.8 Å². The van der Waals surface area contributed by atoms with Crippen LogP contribution in [0.5, 0.6) is 0 Å². The van der Waals surface area contributed by atoms with E-state index in [2.05, 4.69) is 13.2 Å². The number of unbranched alkanes of at least 4 members (excludes halogenated alkanes) is 2. The van der Waals surface area contributed by atoms with Crippen LogP contribution in [-0.2, 0) is 19.1 Å². The van der Waals surface area contributed by atoms with Gasteiger partial charge in [0.15, 0.2) is 0 Å². The first-order valence-corrected chi connectivity index (χ1v) is 15.9. The lowest BCUT2D eigenvalue weighted by Crippen LogP contribution is -2.56. The van der Waals surface area contributed by atoms with E-state index in [4.69, 9.17) is 16.3 Å². The molecule has 3 fully saturated rings. The first-order valence-electron chi connectivity index (χ1n) is 15.6. The third kappa shape index (κ3) is 5.27. The topological polar surface area (TPSA) is 90.4 Å². The lowest BCUT2D eigenvalue weighted by Gasteiger charge is -2.37. The summed E-state index contributed by atoms with van der Waals surface area (Å²) in [4.78, 5) is 48.9. The molecule has 0 aromatic heterocycles. The van der Waals surface area contributed by atoms with Crippen LogP contribution in [-0.4, -0.2) is 71.2 Å². The average molecular weight is 620 g/mol. The number of hydrogen-bond donors (Lipinski definition) is 1. The molecule has 2 aromatic rings. The van der Waals surface area contributed by atoms with Crippen molar-refractivity contribution in [1.29, 1.82) is 0 Å². The molecule has 1 N–H and O–H groups in total. The van der Waals surface area contributed by atoms with Gasteiger partial charge < -0.3 is 24.5 Å². The molecule has 0 radical (unpaired) electrons. The van der Waals surface area contributed by atoms with Gasteiger partial charge >= 0.3 is 0 Å². The van der Waals surface area contributed by atoms with E-state index in [1.807, 2.05) is 43.3 Å². The molecule has 9 heteroatoms. The van der Waals surface area contributed by atoms with Crippen LogP contribution in [0.2, 0.25) is 5.02 Å².